The Balaban J connectivity index is 2.71. The number of hydrogen-bond donors (Lipinski definition) is 1. The van der Waals surface area contributed by atoms with Crippen LogP contribution in [0.3, 0.4) is 0 Å². The highest BCUT2D eigenvalue weighted by Crippen LogP contribution is 2.20. The molecular weight excluding hydrogens is 232 g/mol. The fourth-order valence-corrected chi connectivity index (χ4v) is 2.51. The molecule has 0 spiro atoms. The van der Waals surface area contributed by atoms with E-state index in [0.717, 1.165) is 13.1 Å². The lowest BCUT2D eigenvalue weighted by Crippen LogP contribution is -2.60. The predicted octanol–water partition coefficient (Wildman–Crippen LogP) is 1.04. The molecule has 0 bridgehead atoms. The van der Waals surface area contributed by atoms with Gasteiger partial charge in [-0.25, -0.2) is 0 Å². The van der Waals surface area contributed by atoms with Crippen molar-refractivity contribution < 1.29 is 14.7 Å². The molecule has 2 unspecified atom stereocenters. The first-order valence-electron chi connectivity index (χ1n) is 6.55. The van der Waals surface area contributed by atoms with Crippen LogP contribution in [0.1, 0.15) is 33.6 Å². The second kappa shape index (κ2) is 6.18. The minimum Gasteiger partial charge on any atom is -0.481 e. The molecule has 1 saturated heterocycles. The van der Waals surface area contributed by atoms with Crippen molar-refractivity contribution in [1.29, 1.82) is 0 Å². The van der Waals surface area contributed by atoms with Crippen molar-refractivity contribution in [1.82, 2.24) is 9.80 Å². The Labute approximate surface area is 109 Å². The molecule has 0 radical (unpaired) electrons. The van der Waals surface area contributed by atoms with E-state index in [1.807, 2.05) is 23.8 Å². The van der Waals surface area contributed by atoms with E-state index < -0.39 is 5.97 Å². The minimum absolute atomic E-state index is 0.0463. The number of carboxylic acid groups (broad SMARTS) is 1. The number of nitrogens with zero attached hydrogens (tertiary/aromatic N) is 2. The molecule has 1 N–H and O–H groups in total. The Morgan fingerprint density at radius 3 is 2.61 bits per heavy atom. The maximum absolute atomic E-state index is 12.4. The first kappa shape index (κ1) is 15.0. The highest BCUT2D eigenvalue weighted by Gasteiger charge is 2.36. The molecule has 1 fully saturated rings. The van der Waals surface area contributed by atoms with Gasteiger partial charge in [0, 0.05) is 25.6 Å². The Bertz CT molecular complexity index is 317. The number of rotatable bonds is 5. The number of amides is 1. The van der Waals surface area contributed by atoms with Crippen LogP contribution in [0.5, 0.6) is 0 Å². The Kier molecular flexibility index (Phi) is 5.14. The highest BCUT2D eigenvalue weighted by atomic mass is 16.4. The van der Waals surface area contributed by atoms with Crippen LogP contribution in [0.2, 0.25) is 0 Å². The summed E-state index contributed by atoms with van der Waals surface area (Å²) in [5, 5.41) is 8.74. The van der Waals surface area contributed by atoms with Crippen LogP contribution >= 0.6 is 0 Å². The minimum atomic E-state index is -0.842. The summed E-state index contributed by atoms with van der Waals surface area (Å²) in [5.74, 6) is -0.337. The van der Waals surface area contributed by atoms with Crippen molar-refractivity contribution in [2.45, 2.75) is 45.7 Å². The van der Waals surface area contributed by atoms with E-state index in [0.29, 0.717) is 12.3 Å². The van der Waals surface area contributed by atoms with Gasteiger partial charge in [-0.05, 0) is 26.3 Å². The van der Waals surface area contributed by atoms with E-state index in [1.165, 1.54) is 0 Å². The predicted molar refractivity (Wildman–Crippen MR) is 69.3 cm³/mol. The van der Waals surface area contributed by atoms with E-state index in [4.69, 9.17) is 5.11 Å². The van der Waals surface area contributed by atoms with Crippen LogP contribution in [0.4, 0.5) is 0 Å². The number of hydrogen-bond acceptors (Lipinski definition) is 3. The monoisotopic (exact) mass is 256 g/mol. The first-order valence-corrected chi connectivity index (χ1v) is 6.55. The maximum atomic E-state index is 12.4. The summed E-state index contributed by atoms with van der Waals surface area (Å²) in [7, 11) is 1.90. The number of carboxylic acids is 1. The Morgan fingerprint density at radius 2 is 2.11 bits per heavy atom. The third kappa shape index (κ3) is 3.70. The van der Waals surface area contributed by atoms with Gasteiger partial charge in [0.1, 0.15) is 0 Å². The van der Waals surface area contributed by atoms with E-state index in [1.54, 1.807) is 0 Å². The molecule has 18 heavy (non-hydrogen) atoms. The van der Waals surface area contributed by atoms with Gasteiger partial charge in [0.2, 0.25) is 5.91 Å². The molecule has 5 heteroatoms. The fourth-order valence-electron chi connectivity index (χ4n) is 2.51. The lowest BCUT2D eigenvalue weighted by Gasteiger charge is -2.43. The average molecular weight is 256 g/mol. The molecule has 0 saturated carbocycles. The molecule has 1 aliphatic rings. The van der Waals surface area contributed by atoms with E-state index in [-0.39, 0.29) is 24.4 Å². The zero-order chi connectivity index (χ0) is 13.9. The normalized spacial score (nSPS) is 25.8. The van der Waals surface area contributed by atoms with Crippen LogP contribution < -0.4 is 0 Å². The van der Waals surface area contributed by atoms with Crippen LogP contribution in [-0.2, 0) is 9.59 Å². The number of carbonyl (C=O) groups is 2. The largest absolute Gasteiger partial charge is 0.481 e. The van der Waals surface area contributed by atoms with Gasteiger partial charge in [0.15, 0.2) is 0 Å². The lowest BCUT2D eigenvalue weighted by molar-refractivity contribution is -0.146. The van der Waals surface area contributed by atoms with Gasteiger partial charge in [-0.1, -0.05) is 13.8 Å². The molecule has 0 aromatic carbocycles. The molecular formula is C13H24N2O3. The number of piperazine rings is 1. The second-order valence-corrected chi connectivity index (χ2v) is 5.62. The lowest BCUT2D eigenvalue weighted by atomic mass is 10.0. The van der Waals surface area contributed by atoms with Crippen molar-refractivity contribution in [3.8, 4) is 0 Å². The molecule has 2 atom stereocenters. The van der Waals surface area contributed by atoms with Crippen molar-refractivity contribution in [3.05, 3.63) is 0 Å². The van der Waals surface area contributed by atoms with Crippen molar-refractivity contribution in [2.75, 3.05) is 20.1 Å². The summed E-state index contributed by atoms with van der Waals surface area (Å²) in [6.07, 6.45) is 0.441. The summed E-state index contributed by atoms with van der Waals surface area (Å²) in [5.41, 5.74) is 0. The molecule has 1 heterocycles. The quantitative estimate of drug-likeness (QED) is 0.798. The third-order valence-electron chi connectivity index (χ3n) is 3.38. The van der Waals surface area contributed by atoms with E-state index in [9.17, 15) is 9.59 Å². The first-order chi connectivity index (χ1) is 8.32. The number of likely N-dealkylation sites (N-methyl/N-ethyl adjacent to an activating group) is 1. The van der Waals surface area contributed by atoms with Crippen LogP contribution in [0.25, 0.3) is 0 Å². The van der Waals surface area contributed by atoms with Gasteiger partial charge in [0.25, 0.3) is 0 Å². The second-order valence-electron chi connectivity index (χ2n) is 5.62. The maximum Gasteiger partial charge on any atom is 0.303 e. The standard InChI is InChI=1S/C13H24N2O3/c1-9(2)7-15-10(3)8-14(4)11(13(15)18)5-6-12(16)17/h9-11H,5-8H2,1-4H3,(H,16,17). The Morgan fingerprint density at radius 1 is 1.50 bits per heavy atom. The third-order valence-corrected chi connectivity index (χ3v) is 3.38. The molecule has 1 amide bonds. The van der Waals surface area contributed by atoms with E-state index >= 15 is 0 Å². The number of carbonyl (C=O) groups excluding carboxylic acids is 1. The summed E-state index contributed by atoms with van der Waals surface area (Å²) >= 11 is 0. The molecule has 1 rings (SSSR count). The van der Waals surface area contributed by atoms with Gasteiger partial charge in [-0.2, -0.15) is 0 Å². The molecule has 1 aliphatic heterocycles. The van der Waals surface area contributed by atoms with Crippen LogP contribution in [0, 0.1) is 5.92 Å². The van der Waals surface area contributed by atoms with Gasteiger partial charge in [-0.15, -0.1) is 0 Å². The smallest absolute Gasteiger partial charge is 0.303 e. The topological polar surface area (TPSA) is 60.9 Å². The molecule has 0 aromatic heterocycles. The average Bonchev–Trinajstić information content (AvgIpc) is 2.23. The number of aliphatic carboxylic acids is 1. The molecule has 104 valence electrons. The highest BCUT2D eigenvalue weighted by molar-refractivity contribution is 5.83. The molecule has 5 nitrogen and oxygen atoms in total. The fraction of sp³-hybridized carbons (Fsp3) is 0.846. The zero-order valence-corrected chi connectivity index (χ0v) is 11.7. The summed E-state index contributed by atoms with van der Waals surface area (Å²) in [6, 6.07) is -0.0815. The van der Waals surface area contributed by atoms with Crippen LogP contribution in [0.15, 0.2) is 0 Å². The van der Waals surface area contributed by atoms with Crippen LogP contribution in [-0.4, -0.2) is 59.0 Å². The van der Waals surface area contributed by atoms with Gasteiger partial charge in [-0.3, -0.25) is 14.5 Å². The van der Waals surface area contributed by atoms with Gasteiger partial charge >= 0.3 is 5.97 Å². The van der Waals surface area contributed by atoms with E-state index in [2.05, 4.69) is 13.8 Å². The van der Waals surface area contributed by atoms with Gasteiger partial charge < -0.3 is 10.0 Å². The zero-order valence-electron chi connectivity index (χ0n) is 11.7. The van der Waals surface area contributed by atoms with Crippen molar-refractivity contribution in [2.24, 2.45) is 5.92 Å². The molecule has 0 aliphatic carbocycles. The van der Waals surface area contributed by atoms with Crippen molar-refractivity contribution >= 4 is 11.9 Å². The Hall–Kier alpha value is -1.10. The molecule has 0 aromatic rings. The van der Waals surface area contributed by atoms with Gasteiger partial charge in [0.05, 0.1) is 6.04 Å². The summed E-state index contributed by atoms with van der Waals surface area (Å²) in [6.45, 7) is 7.78. The summed E-state index contributed by atoms with van der Waals surface area (Å²) in [4.78, 5) is 26.9. The van der Waals surface area contributed by atoms with Crippen molar-refractivity contribution in [3.63, 3.8) is 0 Å². The SMILES string of the molecule is CC(C)CN1C(=O)C(CCC(=O)O)N(C)CC1C. The summed E-state index contributed by atoms with van der Waals surface area (Å²) < 4.78 is 0.